The van der Waals surface area contributed by atoms with Crippen LogP contribution in [0.1, 0.15) is 33.1 Å². The Morgan fingerprint density at radius 3 is 2.76 bits per heavy atom. The number of ether oxygens (including phenoxy) is 2. The van der Waals surface area contributed by atoms with E-state index in [1.165, 1.54) is 17.4 Å². The Bertz CT molecular complexity index is 422. The number of rotatable bonds is 8. The first kappa shape index (κ1) is 16.3. The molecule has 21 heavy (non-hydrogen) atoms. The molecule has 0 bridgehead atoms. The first-order valence-electron chi connectivity index (χ1n) is 7.82. The molecule has 2 aliphatic rings. The monoisotopic (exact) mass is 292 g/mol. The maximum Gasteiger partial charge on any atom is 0.111 e. The number of allylic oxidation sites excluding steroid dienone is 2. The molecule has 2 aliphatic carbocycles. The molecule has 1 fully saturated rings. The number of hydrogen-bond donors (Lipinski definition) is 1. The zero-order chi connectivity index (χ0) is 15.5. The Morgan fingerprint density at radius 2 is 2.14 bits per heavy atom. The van der Waals surface area contributed by atoms with Gasteiger partial charge in [-0.05, 0) is 42.1 Å². The van der Waals surface area contributed by atoms with E-state index in [0.29, 0.717) is 30.5 Å². The predicted molar refractivity (Wildman–Crippen MR) is 84.8 cm³/mol. The third-order valence-corrected chi connectivity index (χ3v) is 5.04. The molecule has 1 N–H and O–H groups in total. The summed E-state index contributed by atoms with van der Waals surface area (Å²) < 4.78 is 11.3. The molecule has 1 saturated carbocycles. The second kappa shape index (κ2) is 6.80. The largest absolute Gasteiger partial charge is 0.497 e. The van der Waals surface area contributed by atoms with Crippen LogP contribution in [0.15, 0.2) is 36.6 Å². The molecular weight excluding hydrogens is 264 g/mol. The summed E-state index contributed by atoms with van der Waals surface area (Å²) >= 11 is 0. The highest BCUT2D eigenvalue weighted by Gasteiger charge is 2.50. The summed E-state index contributed by atoms with van der Waals surface area (Å²) in [5.74, 6) is 1.18. The lowest BCUT2D eigenvalue weighted by Gasteiger charge is -2.30. The standard InChI is InChI=1S/C18H28O3/c1-5-7-16-13-10-17(21-9-8-19)15(12-20-6-2)14(13)11-18(16,3)4/h5-6,13,16-17,19H,1-2,7-12H2,3-4H3/t13-,16+,17?/m0/s1. The van der Waals surface area contributed by atoms with Crippen LogP contribution in [0.25, 0.3) is 0 Å². The number of aliphatic hydroxyl groups is 1. The van der Waals surface area contributed by atoms with E-state index in [0.717, 1.165) is 19.3 Å². The molecule has 0 saturated heterocycles. The molecule has 0 spiro atoms. The number of hydrogen-bond acceptors (Lipinski definition) is 3. The van der Waals surface area contributed by atoms with Gasteiger partial charge < -0.3 is 14.6 Å². The molecule has 0 aromatic rings. The second-order valence-electron chi connectivity index (χ2n) is 6.75. The van der Waals surface area contributed by atoms with Gasteiger partial charge in [-0.2, -0.15) is 0 Å². The minimum Gasteiger partial charge on any atom is -0.497 e. The Balaban J connectivity index is 2.24. The van der Waals surface area contributed by atoms with Gasteiger partial charge in [0.2, 0.25) is 0 Å². The van der Waals surface area contributed by atoms with Crippen molar-refractivity contribution in [2.24, 2.45) is 17.3 Å². The fourth-order valence-corrected chi connectivity index (χ4v) is 4.14. The van der Waals surface area contributed by atoms with Crippen molar-refractivity contribution in [3.8, 4) is 0 Å². The minimum absolute atomic E-state index is 0.0632. The van der Waals surface area contributed by atoms with Crippen LogP contribution < -0.4 is 0 Å². The van der Waals surface area contributed by atoms with Gasteiger partial charge in [0.05, 0.1) is 25.6 Å². The third-order valence-electron chi connectivity index (χ3n) is 5.04. The molecule has 118 valence electrons. The molecule has 0 heterocycles. The third kappa shape index (κ3) is 3.24. The van der Waals surface area contributed by atoms with Crippen molar-refractivity contribution in [3.05, 3.63) is 36.6 Å². The lowest BCUT2D eigenvalue weighted by Crippen LogP contribution is -2.25. The SMILES string of the molecule is C=CC[C@@H]1[C@H]2CC(OCCO)C(COC=C)=C2CC1(C)C. The van der Waals surface area contributed by atoms with Crippen molar-refractivity contribution in [3.63, 3.8) is 0 Å². The topological polar surface area (TPSA) is 38.7 Å². The Labute approximate surface area is 128 Å². The molecule has 2 rings (SSSR count). The minimum atomic E-state index is 0.0632. The second-order valence-corrected chi connectivity index (χ2v) is 6.75. The van der Waals surface area contributed by atoms with Gasteiger partial charge in [0, 0.05) is 0 Å². The molecule has 0 aromatic heterocycles. The van der Waals surface area contributed by atoms with Gasteiger partial charge in [-0.3, -0.25) is 0 Å². The fraction of sp³-hybridized carbons (Fsp3) is 0.667. The van der Waals surface area contributed by atoms with Crippen LogP contribution in [0.4, 0.5) is 0 Å². The zero-order valence-corrected chi connectivity index (χ0v) is 13.3. The zero-order valence-electron chi connectivity index (χ0n) is 13.3. The summed E-state index contributed by atoms with van der Waals surface area (Å²) in [5, 5.41) is 9.01. The van der Waals surface area contributed by atoms with E-state index >= 15 is 0 Å². The quantitative estimate of drug-likeness (QED) is 0.550. The predicted octanol–water partition coefficient (Wildman–Crippen LogP) is 3.46. The Kier molecular flexibility index (Phi) is 5.28. The molecule has 1 unspecified atom stereocenters. The Hall–Kier alpha value is -1.06. The molecule has 0 aliphatic heterocycles. The van der Waals surface area contributed by atoms with Crippen LogP contribution in [-0.2, 0) is 9.47 Å². The van der Waals surface area contributed by atoms with Crippen molar-refractivity contribution < 1.29 is 14.6 Å². The normalized spacial score (nSPS) is 30.3. The highest BCUT2D eigenvalue weighted by Crippen LogP contribution is 2.57. The van der Waals surface area contributed by atoms with Crippen LogP contribution in [0.2, 0.25) is 0 Å². The van der Waals surface area contributed by atoms with E-state index in [9.17, 15) is 0 Å². The molecular formula is C18H28O3. The van der Waals surface area contributed by atoms with E-state index in [1.54, 1.807) is 0 Å². The smallest absolute Gasteiger partial charge is 0.111 e. The van der Waals surface area contributed by atoms with Crippen molar-refractivity contribution in [1.82, 2.24) is 0 Å². The molecule has 0 aromatic carbocycles. The van der Waals surface area contributed by atoms with Crippen molar-refractivity contribution in [1.29, 1.82) is 0 Å². The lowest BCUT2D eigenvalue weighted by atomic mass is 9.75. The van der Waals surface area contributed by atoms with Gasteiger partial charge in [0.15, 0.2) is 0 Å². The van der Waals surface area contributed by atoms with Crippen molar-refractivity contribution in [2.75, 3.05) is 19.8 Å². The van der Waals surface area contributed by atoms with Crippen LogP contribution in [0, 0.1) is 17.3 Å². The van der Waals surface area contributed by atoms with E-state index in [2.05, 4.69) is 27.0 Å². The molecule has 3 nitrogen and oxygen atoms in total. The fourth-order valence-electron chi connectivity index (χ4n) is 4.14. The summed E-state index contributed by atoms with van der Waals surface area (Å²) in [6, 6.07) is 0. The molecule has 0 radical (unpaired) electrons. The Morgan fingerprint density at radius 1 is 1.38 bits per heavy atom. The van der Waals surface area contributed by atoms with Crippen LogP contribution >= 0.6 is 0 Å². The van der Waals surface area contributed by atoms with Gasteiger partial charge in [0.1, 0.15) is 6.61 Å². The molecule has 3 heteroatoms. The first-order chi connectivity index (χ1) is 10.0. The summed E-state index contributed by atoms with van der Waals surface area (Å²) in [7, 11) is 0. The maximum atomic E-state index is 9.01. The lowest BCUT2D eigenvalue weighted by molar-refractivity contribution is 0.0329. The average Bonchev–Trinajstić information content (AvgIpc) is 2.88. The van der Waals surface area contributed by atoms with Gasteiger partial charge in [-0.1, -0.05) is 32.1 Å². The van der Waals surface area contributed by atoms with Gasteiger partial charge in [-0.25, -0.2) is 0 Å². The number of aliphatic hydroxyl groups excluding tert-OH is 1. The highest BCUT2D eigenvalue weighted by atomic mass is 16.5. The highest BCUT2D eigenvalue weighted by molar-refractivity contribution is 5.34. The van der Waals surface area contributed by atoms with Crippen molar-refractivity contribution >= 4 is 0 Å². The van der Waals surface area contributed by atoms with E-state index in [4.69, 9.17) is 14.6 Å². The number of fused-ring (bicyclic) bond motifs is 1. The summed E-state index contributed by atoms with van der Waals surface area (Å²) in [5.41, 5.74) is 3.08. The van der Waals surface area contributed by atoms with E-state index in [-0.39, 0.29) is 12.7 Å². The molecule has 3 atom stereocenters. The van der Waals surface area contributed by atoms with E-state index < -0.39 is 0 Å². The van der Waals surface area contributed by atoms with Gasteiger partial charge in [0.25, 0.3) is 0 Å². The van der Waals surface area contributed by atoms with E-state index in [1.807, 2.05) is 6.08 Å². The van der Waals surface area contributed by atoms with Gasteiger partial charge in [-0.15, -0.1) is 6.58 Å². The summed E-state index contributed by atoms with van der Waals surface area (Å²) in [6.07, 6.45) is 6.77. The molecule has 0 amide bonds. The van der Waals surface area contributed by atoms with Crippen LogP contribution in [0.5, 0.6) is 0 Å². The van der Waals surface area contributed by atoms with Crippen LogP contribution in [0.3, 0.4) is 0 Å². The summed E-state index contributed by atoms with van der Waals surface area (Å²) in [6.45, 7) is 13.3. The maximum absolute atomic E-state index is 9.01. The summed E-state index contributed by atoms with van der Waals surface area (Å²) in [4.78, 5) is 0. The van der Waals surface area contributed by atoms with Crippen LogP contribution in [-0.4, -0.2) is 31.0 Å². The van der Waals surface area contributed by atoms with Gasteiger partial charge >= 0.3 is 0 Å². The first-order valence-corrected chi connectivity index (χ1v) is 7.82. The average molecular weight is 292 g/mol. The van der Waals surface area contributed by atoms with Crippen molar-refractivity contribution in [2.45, 2.75) is 39.2 Å².